The largest absolute Gasteiger partial charge is 0.384 e. The average molecular weight is 251 g/mol. The standard InChI is InChI=1S/C12H17N3OS/c1-7-3-5-15-12(10(7)11(13)14)17-9-4-6-16-8(9)2/h3,5,8-9H,4,6H2,1-2H3,(H3,13,14). The number of rotatable bonds is 3. The highest BCUT2D eigenvalue weighted by molar-refractivity contribution is 8.00. The van der Waals surface area contributed by atoms with Gasteiger partial charge < -0.3 is 10.5 Å². The number of amidine groups is 1. The van der Waals surface area contributed by atoms with Gasteiger partial charge in [0.15, 0.2) is 0 Å². The van der Waals surface area contributed by atoms with E-state index in [1.165, 1.54) is 0 Å². The minimum absolute atomic E-state index is 0.0877. The first kappa shape index (κ1) is 12.4. The molecule has 1 aliphatic rings. The predicted molar refractivity (Wildman–Crippen MR) is 69.7 cm³/mol. The van der Waals surface area contributed by atoms with E-state index in [0.29, 0.717) is 5.25 Å². The second-order valence-corrected chi connectivity index (χ2v) is 5.47. The lowest BCUT2D eigenvalue weighted by Crippen LogP contribution is -2.18. The Morgan fingerprint density at radius 3 is 3.00 bits per heavy atom. The number of hydrogen-bond acceptors (Lipinski definition) is 4. The second-order valence-electron chi connectivity index (χ2n) is 4.24. The van der Waals surface area contributed by atoms with Crippen LogP contribution >= 0.6 is 11.8 Å². The van der Waals surface area contributed by atoms with Crippen molar-refractivity contribution in [3.63, 3.8) is 0 Å². The number of ether oxygens (including phenoxy) is 1. The van der Waals surface area contributed by atoms with Crippen molar-refractivity contribution in [3.8, 4) is 0 Å². The van der Waals surface area contributed by atoms with Crippen LogP contribution in [0.25, 0.3) is 0 Å². The van der Waals surface area contributed by atoms with E-state index in [4.69, 9.17) is 15.9 Å². The average Bonchev–Trinajstić information content (AvgIpc) is 2.64. The molecule has 1 aliphatic heterocycles. The van der Waals surface area contributed by atoms with Crippen LogP contribution in [0.1, 0.15) is 24.5 Å². The zero-order chi connectivity index (χ0) is 12.4. The molecule has 3 N–H and O–H groups in total. The lowest BCUT2D eigenvalue weighted by molar-refractivity contribution is 0.127. The maximum absolute atomic E-state index is 7.63. The van der Waals surface area contributed by atoms with E-state index in [9.17, 15) is 0 Å². The van der Waals surface area contributed by atoms with Gasteiger partial charge in [-0.25, -0.2) is 4.98 Å². The summed E-state index contributed by atoms with van der Waals surface area (Å²) in [7, 11) is 0. The monoisotopic (exact) mass is 251 g/mol. The maximum atomic E-state index is 7.63. The third-order valence-corrected chi connectivity index (χ3v) is 4.42. The molecule has 0 aliphatic carbocycles. The number of aryl methyl sites for hydroxylation is 1. The van der Waals surface area contributed by atoms with E-state index in [2.05, 4.69) is 11.9 Å². The third kappa shape index (κ3) is 2.61. The molecular formula is C12H17N3OS. The summed E-state index contributed by atoms with van der Waals surface area (Å²) in [5.41, 5.74) is 7.39. The Bertz CT molecular complexity index is 436. The van der Waals surface area contributed by atoms with Gasteiger partial charge in [0.25, 0.3) is 0 Å². The van der Waals surface area contributed by atoms with Crippen LogP contribution in [0.3, 0.4) is 0 Å². The molecule has 0 amide bonds. The van der Waals surface area contributed by atoms with Gasteiger partial charge in [-0.05, 0) is 31.9 Å². The van der Waals surface area contributed by atoms with Crippen molar-refractivity contribution in [2.24, 2.45) is 5.73 Å². The summed E-state index contributed by atoms with van der Waals surface area (Å²) in [6.45, 7) is 4.84. The van der Waals surface area contributed by atoms with Crippen LogP contribution in [-0.4, -0.2) is 28.8 Å². The Balaban J connectivity index is 2.26. The number of pyridine rings is 1. The molecule has 2 unspecified atom stereocenters. The summed E-state index contributed by atoms with van der Waals surface area (Å²) in [4.78, 5) is 4.35. The van der Waals surface area contributed by atoms with Crippen molar-refractivity contribution in [3.05, 3.63) is 23.4 Å². The van der Waals surface area contributed by atoms with Gasteiger partial charge in [0.1, 0.15) is 10.9 Å². The molecule has 1 saturated heterocycles. The van der Waals surface area contributed by atoms with E-state index >= 15 is 0 Å². The molecule has 5 heteroatoms. The highest BCUT2D eigenvalue weighted by atomic mass is 32.2. The Morgan fingerprint density at radius 2 is 2.41 bits per heavy atom. The van der Waals surface area contributed by atoms with Gasteiger partial charge in [-0.15, -0.1) is 0 Å². The quantitative estimate of drug-likeness (QED) is 0.636. The van der Waals surface area contributed by atoms with Crippen LogP contribution in [0.4, 0.5) is 0 Å². The molecule has 0 aromatic carbocycles. The molecule has 92 valence electrons. The summed E-state index contributed by atoms with van der Waals surface area (Å²) < 4.78 is 5.53. The van der Waals surface area contributed by atoms with Crippen LogP contribution < -0.4 is 5.73 Å². The summed E-state index contributed by atoms with van der Waals surface area (Å²) in [5.74, 6) is 0.0877. The number of thioether (sulfide) groups is 1. The fourth-order valence-electron chi connectivity index (χ4n) is 1.96. The van der Waals surface area contributed by atoms with Crippen molar-refractivity contribution >= 4 is 17.6 Å². The molecule has 0 spiro atoms. The smallest absolute Gasteiger partial charge is 0.125 e. The first-order valence-corrected chi connectivity index (χ1v) is 6.56. The van der Waals surface area contributed by atoms with Gasteiger partial charge in [-0.3, -0.25) is 5.41 Å². The minimum Gasteiger partial charge on any atom is -0.384 e. The van der Waals surface area contributed by atoms with Crippen LogP contribution in [0.2, 0.25) is 0 Å². The molecule has 1 fully saturated rings. The third-order valence-electron chi connectivity index (χ3n) is 2.96. The molecule has 0 bridgehead atoms. The second kappa shape index (κ2) is 5.06. The number of nitrogens with zero attached hydrogens (tertiary/aromatic N) is 1. The summed E-state index contributed by atoms with van der Waals surface area (Å²) in [6.07, 6.45) is 3.03. The van der Waals surface area contributed by atoms with E-state index < -0.39 is 0 Å². The van der Waals surface area contributed by atoms with Gasteiger partial charge in [-0.2, -0.15) is 0 Å². The number of nitrogens with one attached hydrogen (secondary N) is 1. The molecule has 0 saturated carbocycles. The lowest BCUT2D eigenvalue weighted by atomic mass is 10.1. The van der Waals surface area contributed by atoms with Gasteiger partial charge in [0.05, 0.1) is 11.7 Å². The Kier molecular flexibility index (Phi) is 3.69. The van der Waals surface area contributed by atoms with Crippen molar-refractivity contribution in [1.82, 2.24) is 4.98 Å². The van der Waals surface area contributed by atoms with Crippen LogP contribution in [0, 0.1) is 12.3 Å². The normalized spacial score (nSPS) is 23.9. The summed E-state index contributed by atoms with van der Waals surface area (Å²) >= 11 is 1.67. The molecule has 2 atom stereocenters. The molecule has 17 heavy (non-hydrogen) atoms. The first-order valence-electron chi connectivity index (χ1n) is 5.68. The van der Waals surface area contributed by atoms with Crippen LogP contribution in [0.5, 0.6) is 0 Å². The first-order chi connectivity index (χ1) is 8.09. The molecule has 2 heterocycles. The number of aromatic nitrogens is 1. The SMILES string of the molecule is Cc1ccnc(SC2CCOC2C)c1C(=N)N. The topological polar surface area (TPSA) is 72.0 Å². The van der Waals surface area contributed by atoms with Crippen LogP contribution in [-0.2, 0) is 4.74 Å². The molecule has 4 nitrogen and oxygen atoms in total. The summed E-state index contributed by atoms with van der Waals surface area (Å²) in [5, 5.41) is 8.89. The molecule has 0 radical (unpaired) electrons. The predicted octanol–water partition coefficient (Wildman–Crippen LogP) is 1.94. The van der Waals surface area contributed by atoms with Crippen molar-refractivity contribution in [2.45, 2.75) is 36.6 Å². The molecule has 2 rings (SSSR count). The van der Waals surface area contributed by atoms with Gasteiger partial charge in [0.2, 0.25) is 0 Å². The molecule has 1 aromatic heterocycles. The van der Waals surface area contributed by atoms with Gasteiger partial charge in [0, 0.05) is 18.1 Å². The highest BCUT2D eigenvalue weighted by Crippen LogP contribution is 2.33. The summed E-state index contributed by atoms with van der Waals surface area (Å²) in [6, 6.07) is 1.88. The van der Waals surface area contributed by atoms with E-state index in [0.717, 1.165) is 29.2 Å². The van der Waals surface area contributed by atoms with Crippen molar-refractivity contribution in [1.29, 1.82) is 5.41 Å². The van der Waals surface area contributed by atoms with Gasteiger partial charge >= 0.3 is 0 Å². The Labute approximate surface area is 105 Å². The zero-order valence-corrected chi connectivity index (χ0v) is 10.9. The van der Waals surface area contributed by atoms with E-state index in [1.54, 1.807) is 18.0 Å². The van der Waals surface area contributed by atoms with Gasteiger partial charge in [-0.1, -0.05) is 11.8 Å². The maximum Gasteiger partial charge on any atom is 0.125 e. The molecular weight excluding hydrogens is 234 g/mol. The fraction of sp³-hybridized carbons (Fsp3) is 0.500. The number of nitrogens with two attached hydrogens (primary N) is 1. The van der Waals surface area contributed by atoms with Crippen molar-refractivity contribution < 1.29 is 4.74 Å². The number of hydrogen-bond donors (Lipinski definition) is 2. The van der Waals surface area contributed by atoms with Crippen molar-refractivity contribution in [2.75, 3.05) is 6.61 Å². The minimum atomic E-state index is 0.0877. The van der Waals surface area contributed by atoms with E-state index in [1.807, 2.05) is 13.0 Å². The molecule has 1 aromatic rings. The van der Waals surface area contributed by atoms with Crippen LogP contribution in [0.15, 0.2) is 17.3 Å². The van der Waals surface area contributed by atoms with E-state index in [-0.39, 0.29) is 11.9 Å². The lowest BCUT2D eigenvalue weighted by Gasteiger charge is -2.15. The number of nitrogen functional groups attached to an aromatic ring is 1. The fourth-order valence-corrected chi connectivity index (χ4v) is 3.24. The zero-order valence-electron chi connectivity index (χ0n) is 10.1. The Hall–Kier alpha value is -1.07. The highest BCUT2D eigenvalue weighted by Gasteiger charge is 2.27. The Morgan fingerprint density at radius 1 is 1.65 bits per heavy atom.